The van der Waals surface area contributed by atoms with Gasteiger partial charge in [0.15, 0.2) is 0 Å². The predicted molar refractivity (Wildman–Crippen MR) is 104 cm³/mol. The Morgan fingerprint density at radius 1 is 0.846 bits per heavy atom. The normalized spacial score (nSPS) is 12.5. The molecular formula is C22H20N2O2. The largest absolute Gasteiger partial charge is 0.457 e. The van der Waals surface area contributed by atoms with E-state index in [1.165, 1.54) is 0 Å². The molecule has 4 rings (SSSR count). The Kier molecular flexibility index (Phi) is 4.09. The molecule has 3 aromatic rings. The molecule has 0 aromatic heterocycles. The van der Waals surface area contributed by atoms with Crippen LogP contribution in [-0.2, 0) is 4.79 Å². The molecule has 0 fully saturated rings. The van der Waals surface area contributed by atoms with Crippen molar-refractivity contribution < 1.29 is 9.53 Å². The monoisotopic (exact) mass is 344 g/mol. The molecule has 0 aliphatic carbocycles. The lowest BCUT2D eigenvalue weighted by molar-refractivity contribution is -0.116. The second-order valence-electron chi connectivity index (χ2n) is 6.54. The van der Waals surface area contributed by atoms with E-state index in [2.05, 4.69) is 5.32 Å². The zero-order chi connectivity index (χ0) is 18.1. The van der Waals surface area contributed by atoms with Crippen molar-refractivity contribution in [2.45, 2.75) is 5.92 Å². The van der Waals surface area contributed by atoms with Gasteiger partial charge in [0, 0.05) is 36.6 Å². The van der Waals surface area contributed by atoms with Crippen LogP contribution in [0.2, 0.25) is 0 Å². The number of anilines is 2. The third-order valence-electron chi connectivity index (χ3n) is 4.59. The number of fused-ring (bicyclic) bond motifs is 2. The fourth-order valence-electron chi connectivity index (χ4n) is 3.25. The first-order chi connectivity index (χ1) is 12.6. The van der Waals surface area contributed by atoms with Gasteiger partial charge in [0.25, 0.3) is 0 Å². The lowest BCUT2D eigenvalue weighted by Gasteiger charge is -2.27. The van der Waals surface area contributed by atoms with E-state index in [1.807, 2.05) is 91.8 Å². The van der Waals surface area contributed by atoms with Crippen molar-refractivity contribution in [3.05, 3.63) is 83.9 Å². The summed E-state index contributed by atoms with van der Waals surface area (Å²) in [5.41, 5.74) is 3.63. The van der Waals surface area contributed by atoms with E-state index >= 15 is 0 Å². The van der Waals surface area contributed by atoms with Crippen LogP contribution in [-0.4, -0.2) is 20.0 Å². The number of hydrogen-bond acceptors (Lipinski definition) is 3. The van der Waals surface area contributed by atoms with Crippen LogP contribution < -0.4 is 15.0 Å². The molecule has 1 aliphatic heterocycles. The van der Waals surface area contributed by atoms with Gasteiger partial charge >= 0.3 is 0 Å². The number of nitrogens with zero attached hydrogens (tertiary/aromatic N) is 1. The minimum atomic E-state index is -0.398. The van der Waals surface area contributed by atoms with Crippen LogP contribution >= 0.6 is 0 Å². The molecule has 1 aliphatic rings. The molecule has 130 valence electrons. The van der Waals surface area contributed by atoms with Crippen molar-refractivity contribution in [2.75, 3.05) is 24.3 Å². The van der Waals surface area contributed by atoms with E-state index in [0.717, 1.165) is 34.0 Å². The van der Waals surface area contributed by atoms with E-state index in [-0.39, 0.29) is 5.91 Å². The number of carbonyl (C=O) groups excluding carboxylic acids is 1. The first kappa shape index (κ1) is 16.2. The number of nitrogens with one attached hydrogen (secondary N) is 1. The molecule has 0 radical (unpaired) electrons. The van der Waals surface area contributed by atoms with Crippen LogP contribution in [0, 0.1) is 0 Å². The van der Waals surface area contributed by atoms with Gasteiger partial charge in [-0.25, -0.2) is 0 Å². The van der Waals surface area contributed by atoms with Gasteiger partial charge in [-0.3, -0.25) is 4.79 Å². The van der Waals surface area contributed by atoms with Gasteiger partial charge in [0.2, 0.25) is 5.91 Å². The van der Waals surface area contributed by atoms with Gasteiger partial charge in [-0.05, 0) is 36.4 Å². The molecule has 1 heterocycles. The predicted octanol–water partition coefficient (Wildman–Crippen LogP) is 4.63. The Hall–Kier alpha value is -3.27. The molecule has 1 amide bonds. The van der Waals surface area contributed by atoms with Crippen molar-refractivity contribution >= 4 is 17.3 Å². The molecule has 0 saturated carbocycles. The first-order valence-electron chi connectivity index (χ1n) is 8.57. The summed E-state index contributed by atoms with van der Waals surface area (Å²) < 4.78 is 5.96. The quantitative estimate of drug-likeness (QED) is 0.753. The number of para-hydroxylation sites is 2. The standard InChI is InChI=1S/C22H20N2O2/c1-24(2)16-13-11-15(12-14-16)23-22(25)21-17-7-3-5-9-19(17)26-20-10-6-4-8-18(20)21/h3-14,21H,1-2H3,(H,23,25). The maximum absolute atomic E-state index is 13.1. The van der Waals surface area contributed by atoms with Crippen LogP contribution in [0.25, 0.3) is 0 Å². The second-order valence-corrected chi connectivity index (χ2v) is 6.54. The van der Waals surface area contributed by atoms with Crippen molar-refractivity contribution in [1.29, 1.82) is 0 Å². The van der Waals surface area contributed by atoms with E-state index in [9.17, 15) is 4.79 Å². The molecule has 0 saturated heterocycles. The Balaban J connectivity index is 1.67. The topological polar surface area (TPSA) is 41.6 Å². The minimum Gasteiger partial charge on any atom is -0.457 e. The summed E-state index contributed by atoms with van der Waals surface area (Å²) in [6.45, 7) is 0. The van der Waals surface area contributed by atoms with E-state index < -0.39 is 5.92 Å². The lowest BCUT2D eigenvalue weighted by atomic mass is 9.87. The van der Waals surface area contributed by atoms with Crippen molar-refractivity contribution in [3.63, 3.8) is 0 Å². The van der Waals surface area contributed by atoms with Crippen molar-refractivity contribution in [1.82, 2.24) is 0 Å². The maximum Gasteiger partial charge on any atom is 0.236 e. The van der Waals surface area contributed by atoms with Gasteiger partial charge in [0.05, 0.1) is 5.92 Å². The number of benzene rings is 3. The van der Waals surface area contributed by atoms with Crippen LogP contribution in [0.5, 0.6) is 11.5 Å². The van der Waals surface area contributed by atoms with Gasteiger partial charge in [-0.2, -0.15) is 0 Å². The molecule has 1 N–H and O–H groups in total. The minimum absolute atomic E-state index is 0.0641. The Bertz CT molecular complexity index is 903. The Morgan fingerprint density at radius 3 is 1.92 bits per heavy atom. The smallest absolute Gasteiger partial charge is 0.236 e. The van der Waals surface area contributed by atoms with Gasteiger partial charge in [-0.15, -0.1) is 0 Å². The van der Waals surface area contributed by atoms with Gasteiger partial charge < -0.3 is 15.0 Å². The summed E-state index contributed by atoms with van der Waals surface area (Å²) in [5, 5.41) is 3.05. The SMILES string of the molecule is CN(C)c1ccc(NC(=O)C2c3ccccc3Oc3ccccc32)cc1. The summed E-state index contributed by atoms with van der Waals surface area (Å²) >= 11 is 0. The zero-order valence-electron chi connectivity index (χ0n) is 14.8. The fraction of sp³-hybridized carbons (Fsp3) is 0.136. The Morgan fingerprint density at radius 2 is 1.38 bits per heavy atom. The number of carbonyl (C=O) groups is 1. The molecule has 0 unspecified atom stereocenters. The molecular weight excluding hydrogens is 324 g/mol. The number of rotatable bonds is 3. The van der Waals surface area contributed by atoms with E-state index in [0.29, 0.717) is 0 Å². The Labute approximate surface area is 153 Å². The second kappa shape index (κ2) is 6.56. The van der Waals surface area contributed by atoms with E-state index in [1.54, 1.807) is 0 Å². The number of hydrogen-bond donors (Lipinski definition) is 1. The van der Waals surface area contributed by atoms with Gasteiger partial charge in [-0.1, -0.05) is 36.4 Å². The third-order valence-corrected chi connectivity index (χ3v) is 4.59. The molecule has 4 heteroatoms. The lowest BCUT2D eigenvalue weighted by Crippen LogP contribution is -2.25. The molecule has 0 bridgehead atoms. The van der Waals surface area contributed by atoms with Crippen molar-refractivity contribution in [3.8, 4) is 11.5 Å². The average molecular weight is 344 g/mol. The fourth-order valence-corrected chi connectivity index (χ4v) is 3.25. The highest BCUT2D eigenvalue weighted by Crippen LogP contribution is 2.44. The zero-order valence-corrected chi connectivity index (χ0v) is 14.8. The molecule has 3 aromatic carbocycles. The number of amides is 1. The first-order valence-corrected chi connectivity index (χ1v) is 8.57. The number of ether oxygens (including phenoxy) is 1. The summed E-state index contributed by atoms with van der Waals surface area (Å²) in [7, 11) is 3.98. The molecule has 26 heavy (non-hydrogen) atoms. The van der Waals surface area contributed by atoms with Gasteiger partial charge in [0.1, 0.15) is 11.5 Å². The highest BCUT2D eigenvalue weighted by Gasteiger charge is 2.32. The summed E-state index contributed by atoms with van der Waals surface area (Å²) in [6, 6.07) is 23.2. The van der Waals surface area contributed by atoms with Crippen LogP contribution in [0.4, 0.5) is 11.4 Å². The summed E-state index contributed by atoms with van der Waals surface area (Å²) in [4.78, 5) is 15.2. The highest BCUT2D eigenvalue weighted by molar-refractivity contribution is 5.99. The van der Waals surface area contributed by atoms with Crippen molar-refractivity contribution in [2.24, 2.45) is 0 Å². The third kappa shape index (κ3) is 2.90. The summed E-state index contributed by atoms with van der Waals surface area (Å²) in [6.07, 6.45) is 0. The molecule has 0 spiro atoms. The van der Waals surface area contributed by atoms with Crippen LogP contribution in [0.3, 0.4) is 0 Å². The van der Waals surface area contributed by atoms with Crippen LogP contribution in [0.15, 0.2) is 72.8 Å². The maximum atomic E-state index is 13.1. The van der Waals surface area contributed by atoms with Crippen LogP contribution in [0.1, 0.15) is 17.0 Å². The molecule has 0 atom stereocenters. The average Bonchev–Trinajstić information content (AvgIpc) is 2.66. The van der Waals surface area contributed by atoms with E-state index in [4.69, 9.17) is 4.74 Å². The summed E-state index contributed by atoms with van der Waals surface area (Å²) in [5.74, 6) is 0.999. The highest BCUT2D eigenvalue weighted by atomic mass is 16.5. The molecule has 4 nitrogen and oxygen atoms in total.